The number of H-pyrrole nitrogens is 1. The molecule has 1 spiro atoms. The SMILES string of the molecule is COc1cc(C)c2[nH]ccc2c1CN1CCC2(C[C@@H]1c1ccc(C(=O)N3CCC[C@H]3C(=O)O)cc1)CC(F)(F)C2. The predicted octanol–water partition coefficient (Wildman–Crippen LogP) is 5.93. The summed E-state index contributed by atoms with van der Waals surface area (Å²) in [6, 6.07) is 10.5. The van der Waals surface area contributed by atoms with Gasteiger partial charge in [0.25, 0.3) is 5.91 Å². The van der Waals surface area contributed by atoms with Crippen molar-refractivity contribution < 1.29 is 28.2 Å². The Kier molecular flexibility index (Phi) is 6.60. The number of nitrogens with zero attached hydrogens (tertiary/aromatic N) is 2. The van der Waals surface area contributed by atoms with E-state index in [1.54, 1.807) is 19.2 Å². The first kappa shape index (κ1) is 26.7. The van der Waals surface area contributed by atoms with Crippen molar-refractivity contribution >= 4 is 22.8 Å². The van der Waals surface area contributed by atoms with E-state index in [1.807, 2.05) is 31.3 Å². The van der Waals surface area contributed by atoms with Crippen LogP contribution in [0.25, 0.3) is 10.9 Å². The van der Waals surface area contributed by atoms with Gasteiger partial charge in [0.05, 0.1) is 7.11 Å². The van der Waals surface area contributed by atoms with Gasteiger partial charge in [-0.15, -0.1) is 0 Å². The molecular formula is C31H35F2N3O4. The minimum Gasteiger partial charge on any atom is -0.496 e. The number of rotatable bonds is 6. The number of benzene rings is 2. The van der Waals surface area contributed by atoms with Gasteiger partial charge in [0.15, 0.2) is 0 Å². The number of hydrogen-bond acceptors (Lipinski definition) is 4. The van der Waals surface area contributed by atoms with E-state index in [1.165, 1.54) is 4.90 Å². The molecule has 3 aliphatic rings. The predicted molar refractivity (Wildman–Crippen MR) is 147 cm³/mol. The van der Waals surface area contributed by atoms with Crippen LogP contribution in [-0.2, 0) is 11.3 Å². The summed E-state index contributed by atoms with van der Waals surface area (Å²) in [6.45, 7) is 3.75. The Labute approximate surface area is 232 Å². The third kappa shape index (κ3) is 4.64. The first-order valence-corrected chi connectivity index (χ1v) is 14.0. The number of piperidine rings is 1. The number of carboxylic acids is 1. The summed E-state index contributed by atoms with van der Waals surface area (Å²) in [7, 11) is 1.67. The fourth-order valence-electron chi connectivity index (χ4n) is 7.33. The van der Waals surface area contributed by atoms with E-state index in [0.717, 1.165) is 33.3 Å². The van der Waals surface area contributed by atoms with Crippen LogP contribution in [0.3, 0.4) is 0 Å². The molecule has 0 radical (unpaired) electrons. The van der Waals surface area contributed by atoms with E-state index in [4.69, 9.17) is 4.74 Å². The topological polar surface area (TPSA) is 85.9 Å². The van der Waals surface area contributed by atoms with Gasteiger partial charge in [0.1, 0.15) is 11.8 Å². The molecule has 0 bridgehead atoms. The van der Waals surface area contributed by atoms with Crippen LogP contribution < -0.4 is 4.74 Å². The maximum atomic E-state index is 14.1. The fourth-order valence-corrected chi connectivity index (χ4v) is 7.33. The van der Waals surface area contributed by atoms with Gasteiger partial charge in [-0.25, -0.2) is 13.6 Å². The minimum atomic E-state index is -2.60. The normalized spacial score (nSPS) is 23.9. The second-order valence-electron chi connectivity index (χ2n) is 11.9. The van der Waals surface area contributed by atoms with Crippen LogP contribution >= 0.6 is 0 Å². The number of amides is 1. The molecule has 212 valence electrons. The van der Waals surface area contributed by atoms with Crippen LogP contribution in [0.1, 0.15) is 71.6 Å². The molecule has 1 aromatic heterocycles. The number of methoxy groups -OCH3 is 1. The zero-order valence-electron chi connectivity index (χ0n) is 22.9. The van der Waals surface area contributed by atoms with Gasteiger partial charge in [-0.05, 0) is 80.0 Å². The quantitative estimate of drug-likeness (QED) is 0.397. The second-order valence-corrected chi connectivity index (χ2v) is 11.9. The smallest absolute Gasteiger partial charge is 0.326 e. The number of likely N-dealkylation sites (tertiary alicyclic amines) is 2. The van der Waals surface area contributed by atoms with Crippen LogP contribution in [0.15, 0.2) is 42.6 Å². The molecule has 2 aromatic carbocycles. The third-order valence-corrected chi connectivity index (χ3v) is 9.30. The summed E-state index contributed by atoms with van der Waals surface area (Å²) in [5.74, 6) is -3.06. The standard InChI is InChI=1S/C31H35F2N3O4/c1-19-14-26(40-2)23(22-9-11-34-27(19)22)16-35-13-10-30(17-31(32,33)18-30)15-25(35)20-5-7-21(8-6-20)28(37)36-12-3-4-24(36)29(38)39/h5-9,11,14,24-25,34H,3-4,10,12-13,15-18H2,1-2H3,(H,38,39)/t24-,25+/m0/s1. The van der Waals surface area contributed by atoms with Crippen LogP contribution in [0.4, 0.5) is 8.78 Å². The van der Waals surface area contributed by atoms with Gasteiger partial charge in [0, 0.05) is 60.2 Å². The highest BCUT2D eigenvalue weighted by Gasteiger charge is 2.58. The number of alkyl halides is 2. The number of carboxylic acid groups (broad SMARTS) is 1. The fraction of sp³-hybridized carbons (Fsp3) is 0.484. The summed E-state index contributed by atoms with van der Waals surface area (Å²) in [4.78, 5) is 31.8. The van der Waals surface area contributed by atoms with E-state index >= 15 is 0 Å². The van der Waals surface area contributed by atoms with Crippen molar-refractivity contribution in [2.45, 2.75) is 70.0 Å². The summed E-state index contributed by atoms with van der Waals surface area (Å²) in [6.07, 6.45) is 4.22. The van der Waals surface area contributed by atoms with Crippen LogP contribution in [-0.4, -0.2) is 63.9 Å². The number of halogens is 2. The van der Waals surface area contributed by atoms with E-state index < -0.39 is 17.9 Å². The number of aliphatic carboxylic acids is 1. The lowest BCUT2D eigenvalue weighted by Crippen LogP contribution is -2.53. The van der Waals surface area contributed by atoms with Crippen LogP contribution in [0.2, 0.25) is 0 Å². The maximum absolute atomic E-state index is 14.1. The van der Waals surface area contributed by atoms with Crippen molar-refractivity contribution in [1.82, 2.24) is 14.8 Å². The van der Waals surface area contributed by atoms with E-state index in [0.29, 0.717) is 50.9 Å². The Morgan fingerprint density at radius 1 is 1.15 bits per heavy atom. The van der Waals surface area contributed by atoms with Gasteiger partial charge in [-0.2, -0.15) is 0 Å². The molecule has 1 saturated carbocycles. The number of hydrogen-bond donors (Lipinski definition) is 2. The summed E-state index contributed by atoms with van der Waals surface area (Å²) in [5, 5.41) is 10.6. The molecule has 2 aliphatic heterocycles. The Hall–Kier alpha value is -3.46. The monoisotopic (exact) mass is 551 g/mol. The van der Waals surface area contributed by atoms with Crippen molar-refractivity contribution in [3.63, 3.8) is 0 Å². The molecule has 7 nitrogen and oxygen atoms in total. The summed E-state index contributed by atoms with van der Waals surface area (Å²) in [5.41, 5.74) is 4.24. The molecule has 2 N–H and O–H groups in total. The minimum absolute atomic E-state index is 0.0810. The number of carbonyl (C=O) groups excluding carboxylic acids is 1. The number of carbonyl (C=O) groups is 2. The zero-order chi connectivity index (χ0) is 28.2. The zero-order valence-corrected chi connectivity index (χ0v) is 22.9. The van der Waals surface area contributed by atoms with Crippen molar-refractivity contribution in [2.24, 2.45) is 5.41 Å². The van der Waals surface area contributed by atoms with E-state index in [-0.39, 0.29) is 30.2 Å². The van der Waals surface area contributed by atoms with Crippen molar-refractivity contribution in [3.05, 3.63) is 64.8 Å². The molecule has 1 aliphatic carbocycles. The molecule has 2 saturated heterocycles. The lowest BCUT2D eigenvalue weighted by Gasteiger charge is -2.54. The molecular weight excluding hydrogens is 516 g/mol. The number of aromatic nitrogens is 1. The van der Waals surface area contributed by atoms with Crippen molar-refractivity contribution in [3.8, 4) is 5.75 Å². The molecule has 40 heavy (non-hydrogen) atoms. The number of aromatic amines is 1. The molecule has 0 unspecified atom stereocenters. The highest BCUT2D eigenvalue weighted by Crippen LogP contribution is 2.60. The number of aryl methyl sites for hydroxylation is 1. The summed E-state index contributed by atoms with van der Waals surface area (Å²) < 4.78 is 33.9. The lowest BCUT2D eigenvalue weighted by molar-refractivity contribution is -0.186. The average Bonchev–Trinajstić information content (AvgIpc) is 3.60. The molecule has 3 heterocycles. The second kappa shape index (κ2) is 9.87. The highest BCUT2D eigenvalue weighted by atomic mass is 19.3. The molecule has 3 aromatic rings. The van der Waals surface area contributed by atoms with Gasteiger partial charge >= 0.3 is 5.97 Å². The third-order valence-electron chi connectivity index (χ3n) is 9.30. The Balaban J connectivity index is 1.30. The Morgan fingerprint density at radius 3 is 2.58 bits per heavy atom. The number of nitrogens with one attached hydrogen (secondary N) is 1. The lowest BCUT2D eigenvalue weighted by atomic mass is 9.59. The number of fused-ring (bicyclic) bond motifs is 1. The highest BCUT2D eigenvalue weighted by molar-refractivity contribution is 5.97. The molecule has 1 amide bonds. The maximum Gasteiger partial charge on any atom is 0.326 e. The van der Waals surface area contributed by atoms with Crippen LogP contribution in [0, 0.1) is 12.3 Å². The first-order chi connectivity index (χ1) is 19.1. The van der Waals surface area contributed by atoms with Crippen molar-refractivity contribution in [1.29, 1.82) is 0 Å². The summed E-state index contributed by atoms with van der Waals surface area (Å²) >= 11 is 0. The first-order valence-electron chi connectivity index (χ1n) is 14.0. The molecule has 9 heteroatoms. The number of ether oxygens (including phenoxy) is 1. The molecule has 3 fully saturated rings. The molecule has 6 rings (SSSR count). The Bertz CT molecular complexity index is 1440. The van der Waals surface area contributed by atoms with Crippen LogP contribution in [0.5, 0.6) is 5.75 Å². The van der Waals surface area contributed by atoms with Gasteiger partial charge in [-0.1, -0.05) is 12.1 Å². The Morgan fingerprint density at radius 2 is 1.90 bits per heavy atom. The molecule has 2 atom stereocenters. The average molecular weight is 552 g/mol. The van der Waals surface area contributed by atoms with E-state index in [2.05, 4.69) is 16.0 Å². The van der Waals surface area contributed by atoms with Gasteiger partial charge < -0.3 is 19.7 Å². The van der Waals surface area contributed by atoms with Crippen molar-refractivity contribution in [2.75, 3.05) is 20.2 Å². The van der Waals surface area contributed by atoms with Gasteiger partial charge in [0.2, 0.25) is 5.92 Å². The largest absolute Gasteiger partial charge is 0.496 e. The van der Waals surface area contributed by atoms with Gasteiger partial charge in [-0.3, -0.25) is 9.69 Å². The van der Waals surface area contributed by atoms with E-state index in [9.17, 15) is 23.5 Å².